The minimum absolute atomic E-state index is 0. The molecule has 0 aliphatic carbocycles. The molecule has 0 saturated heterocycles. The van der Waals surface area contributed by atoms with Crippen LogP contribution in [0.4, 0.5) is 17.8 Å². The average molecular weight is 314 g/mol. The van der Waals surface area contributed by atoms with Crippen molar-refractivity contribution in [2.24, 2.45) is 0 Å². The Balaban J connectivity index is 0. The summed E-state index contributed by atoms with van der Waals surface area (Å²) in [7, 11) is 1.52. The molecule has 0 bridgehead atoms. The topological polar surface area (TPSA) is 230 Å². The fourth-order valence-corrected chi connectivity index (χ4v) is 1.19. The maximum atomic E-state index is 10.2. The van der Waals surface area contributed by atoms with Crippen molar-refractivity contribution in [2.75, 3.05) is 24.3 Å². The molecule has 0 aliphatic rings. The number of H-pyrrole nitrogens is 1. The number of aromatic nitrogens is 3. The zero-order valence-corrected chi connectivity index (χ0v) is 11.7. The predicted octanol–water partition coefficient (Wildman–Crippen LogP) is -3.55. The number of nitrogens with two attached hydrogens (primary N) is 3. The molecule has 0 saturated carbocycles. The molecule has 1 aromatic heterocycles. The number of ether oxygens (including phenoxy) is 1. The summed E-state index contributed by atoms with van der Waals surface area (Å²) >= 11 is 0. The maximum absolute atomic E-state index is 10.2. The smallest absolute Gasteiger partial charge is 0.320 e. The summed E-state index contributed by atoms with van der Waals surface area (Å²) in [5, 5.41) is 10.2. The van der Waals surface area contributed by atoms with Crippen molar-refractivity contribution in [1.82, 2.24) is 9.97 Å². The molecule has 11 heteroatoms. The summed E-state index contributed by atoms with van der Waals surface area (Å²) in [6.45, 7) is 0. The molecule has 0 unspecified atom stereocenters. The van der Waals surface area contributed by atoms with Gasteiger partial charge in [-0.1, -0.05) is 9.97 Å². The number of aromatic carboxylic acids is 1. The fourth-order valence-electron chi connectivity index (χ4n) is 1.19. The predicted molar refractivity (Wildman–Crippen MR) is 76.4 cm³/mol. The van der Waals surface area contributed by atoms with E-state index in [2.05, 4.69) is 15.0 Å². The third-order valence-electron chi connectivity index (χ3n) is 2.05. The molecule has 0 amide bonds. The van der Waals surface area contributed by atoms with Gasteiger partial charge in [-0.3, -0.25) is 0 Å². The van der Waals surface area contributed by atoms with Gasteiger partial charge in [-0.25, -0.2) is 4.98 Å². The van der Waals surface area contributed by atoms with Gasteiger partial charge in [-0.05, 0) is 29.8 Å². The highest BCUT2D eigenvalue weighted by molar-refractivity contribution is 5.85. The van der Waals surface area contributed by atoms with Crippen LogP contribution in [0.25, 0.3) is 0 Å². The van der Waals surface area contributed by atoms with Crippen LogP contribution in [0.15, 0.2) is 24.3 Å². The molecule has 0 fully saturated rings. The number of nitrogen functional groups attached to an aromatic ring is 3. The largest absolute Gasteiger partial charge is 0.545 e. The van der Waals surface area contributed by atoms with Gasteiger partial charge in [0, 0.05) is 0 Å². The first-order chi connectivity index (χ1) is 9.42. The molecule has 2 rings (SSSR count). The van der Waals surface area contributed by atoms with Crippen LogP contribution in [-0.2, 0) is 0 Å². The van der Waals surface area contributed by atoms with Gasteiger partial charge in [-0.2, -0.15) is 0 Å². The van der Waals surface area contributed by atoms with E-state index in [9.17, 15) is 9.90 Å². The normalized spacial score (nSPS) is 8.41. The number of methoxy groups -OCH3 is 1. The summed E-state index contributed by atoms with van der Waals surface area (Å²) in [5.41, 5.74) is 15.7. The van der Waals surface area contributed by atoms with E-state index in [1.165, 1.54) is 19.2 Å². The summed E-state index contributed by atoms with van der Waals surface area (Å²) in [6.07, 6.45) is 0. The molecule has 11 N–H and O–H groups in total. The Labute approximate surface area is 125 Å². The number of aromatic amines is 1. The molecule has 0 radical (unpaired) electrons. The van der Waals surface area contributed by atoms with E-state index >= 15 is 0 Å². The Kier molecular flexibility index (Phi) is 9.30. The molecule has 122 valence electrons. The van der Waals surface area contributed by atoms with Crippen molar-refractivity contribution >= 4 is 23.8 Å². The lowest BCUT2D eigenvalue weighted by atomic mass is 10.2. The van der Waals surface area contributed by atoms with Crippen LogP contribution in [-0.4, -0.2) is 34.0 Å². The van der Waals surface area contributed by atoms with Gasteiger partial charge in [-0.15, -0.1) is 0 Å². The highest BCUT2D eigenvalue weighted by Gasteiger charge is 2.01. The molecular formula is C11H18N6O5. The lowest BCUT2D eigenvalue weighted by Crippen LogP contribution is -2.21. The van der Waals surface area contributed by atoms with E-state index in [-0.39, 0.29) is 34.4 Å². The fraction of sp³-hybridized carbons (Fsp3) is 0.0909. The van der Waals surface area contributed by atoms with Gasteiger partial charge in [0.05, 0.1) is 13.1 Å². The van der Waals surface area contributed by atoms with Crippen LogP contribution >= 0.6 is 0 Å². The Morgan fingerprint density at radius 1 is 1.09 bits per heavy atom. The Hall–Kier alpha value is -3.18. The third kappa shape index (κ3) is 6.83. The van der Waals surface area contributed by atoms with Crippen molar-refractivity contribution in [3.05, 3.63) is 29.8 Å². The van der Waals surface area contributed by atoms with Gasteiger partial charge in [0.1, 0.15) is 5.75 Å². The van der Waals surface area contributed by atoms with Crippen LogP contribution in [0.5, 0.6) is 5.75 Å². The van der Waals surface area contributed by atoms with Crippen molar-refractivity contribution in [2.45, 2.75) is 0 Å². The number of carbonyl (C=O) groups excluding carboxylic acids is 1. The number of anilines is 3. The highest BCUT2D eigenvalue weighted by atomic mass is 16.5. The lowest BCUT2D eigenvalue weighted by Gasteiger charge is -2.02. The molecule has 1 heterocycles. The number of hydrogen-bond acceptors (Lipinski definition) is 8. The molecular weight excluding hydrogens is 296 g/mol. The molecule has 22 heavy (non-hydrogen) atoms. The Morgan fingerprint density at radius 3 is 1.86 bits per heavy atom. The number of hydrogen-bond donors (Lipinski definition) is 3. The monoisotopic (exact) mass is 314 g/mol. The first-order valence-electron chi connectivity index (χ1n) is 5.35. The first-order valence-corrected chi connectivity index (χ1v) is 5.35. The number of benzene rings is 1. The first kappa shape index (κ1) is 21.1. The van der Waals surface area contributed by atoms with Crippen molar-refractivity contribution < 1.29 is 30.6 Å². The van der Waals surface area contributed by atoms with Crippen LogP contribution in [0.1, 0.15) is 10.4 Å². The van der Waals surface area contributed by atoms with E-state index in [0.29, 0.717) is 5.75 Å². The SMILES string of the molecule is COc1ccc(C(=O)[O-])cc1.Nc1nc(N)[nH+]c(N)n1.O.O. The number of nitrogens with zero attached hydrogens (tertiary/aromatic N) is 2. The van der Waals surface area contributed by atoms with Crippen molar-refractivity contribution in [3.63, 3.8) is 0 Å². The number of nitrogens with one attached hydrogen (secondary N) is 1. The summed E-state index contributed by atoms with van der Waals surface area (Å²) < 4.78 is 4.84. The van der Waals surface area contributed by atoms with Crippen molar-refractivity contribution in [1.29, 1.82) is 0 Å². The zero-order chi connectivity index (χ0) is 15.1. The second-order valence-corrected chi connectivity index (χ2v) is 3.49. The third-order valence-corrected chi connectivity index (χ3v) is 2.05. The number of carboxylic acid groups (broad SMARTS) is 1. The van der Waals surface area contributed by atoms with Crippen molar-refractivity contribution in [3.8, 4) is 5.75 Å². The standard InChI is InChI=1S/C8H8O3.C3H6N6.2H2O/c1-11-7-4-2-6(3-5-7)8(9)10;4-1-7-2(5)9-3(6)8-1;;/h2-5H,1H3,(H,9,10);(H6,4,5,6,7,8,9);2*1H2. The second kappa shape index (κ2) is 9.68. The van der Waals surface area contributed by atoms with Gasteiger partial charge in [0.2, 0.25) is 0 Å². The van der Waals surface area contributed by atoms with E-state index in [1.54, 1.807) is 12.1 Å². The van der Waals surface area contributed by atoms with Crippen LogP contribution < -0.4 is 32.0 Å². The number of rotatable bonds is 2. The van der Waals surface area contributed by atoms with E-state index < -0.39 is 5.97 Å². The molecule has 0 atom stereocenters. The van der Waals surface area contributed by atoms with Crippen LogP contribution in [0.2, 0.25) is 0 Å². The lowest BCUT2D eigenvalue weighted by molar-refractivity contribution is -0.350. The quantitative estimate of drug-likeness (QED) is 0.500. The Bertz CT molecular complexity index is 542. The van der Waals surface area contributed by atoms with Gasteiger partial charge >= 0.3 is 17.8 Å². The summed E-state index contributed by atoms with van der Waals surface area (Å²) in [5.74, 6) is -0.133. The average Bonchev–Trinajstić information content (AvgIpc) is 2.38. The van der Waals surface area contributed by atoms with Crippen LogP contribution in [0.3, 0.4) is 0 Å². The highest BCUT2D eigenvalue weighted by Crippen LogP contribution is 2.10. The van der Waals surface area contributed by atoms with E-state index in [4.69, 9.17) is 21.9 Å². The van der Waals surface area contributed by atoms with Gasteiger partial charge in [0.15, 0.2) is 0 Å². The summed E-state index contributed by atoms with van der Waals surface area (Å²) in [4.78, 5) is 19.8. The van der Waals surface area contributed by atoms with Gasteiger partial charge < -0.3 is 42.8 Å². The maximum Gasteiger partial charge on any atom is 0.320 e. The minimum Gasteiger partial charge on any atom is -0.545 e. The zero-order valence-electron chi connectivity index (χ0n) is 11.7. The summed E-state index contributed by atoms with van der Waals surface area (Å²) in [6, 6.07) is 6.03. The Morgan fingerprint density at radius 2 is 1.55 bits per heavy atom. The molecule has 0 spiro atoms. The van der Waals surface area contributed by atoms with E-state index in [0.717, 1.165) is 0 Å². The van der Waals surface area contributed by atoms with E-state index in [1.807, 2.05) is 0 Å². The minimum atomic E-state index is -1.17. The number of carboxylic acids is 1. The molecule has 1 aromatic carbocycles. The molecule has 11 nitrogen and oxygen atoms in total. The molecule has 2 aromatic rings. The van der Waals surface area contributed by atoms with Gasteiger partial charge in [0.25, 0.3) is 0 Å². The second-order valence-electron chi connectivity index (χ2n) is 3.49. The van der Waals surface area contributed by atoms with Crippen LogP contribution in [0, 0.1) is 0 Å². The molecule has 0 aliphatic heterocycles. The number of carbonyl (C=O) groups is 1.